The second-order valence-corrected chi connectivity index (χ2v) is 7.19. The lowest BCUT2D eigenvalue weighted by Crippen LogP contribution is -2.22. The summed E-state index contributed by atoms with van der Waals surface area (Å²) in [5.41, 5.74) is 0.745. The van der Waals surface area contributed by atoms with Gasteiger partial charge in [-0.3, -0.25) is 9.36 Å². The van der Waals surface area contributed by atoms with Crippen LogP contribution in [-0.2, 0) is 5.75 Å². The summed E-state index contributed by atoms with van der Waals surface area (Å²) in [6, 6.07) is 13.4. The minimum Gasteiger partial charge on any atom is -0.268 e. The summed E-state index contributed by atoms with van der Waals surface area (Å²) in [6.45, 7) is 0. The van der Waals surface area contributed by atoms with E-state index in [1.807, 2.05) is 6.07 Å². The standard InChI is InChI=1S/C20H12ClF2N3OS/c21-18-12(4-3-9-24-18)11-28-20-25-16-6-2-1-5-14(16)19(27)26(20)17-8-7-13(22)10-15(17)23/h1-10H,11H2. The number of hydrogen-bond acceptors (Lipinski definition) is 4. The fourth-order valence-corrected chi connectivity index (χ4v) is 4.01. The van der Waals surface area contributed by atoms with Crippen molar-refractivity contribution in [2.45, 2.75) is 10.9 Å². The maximum absolute atomic E-state index is 14.5. The van der Waals surface area contributed by atoms with Crippen molar-refractivity contribution in [2.75, 3.05) is 0 Å². The molecule has 0 N–H and O–H groups in total. The highest BCUT2D eigenvalue weighted by Gasteiger charge is 2.17. The average Bonchev–Trinajstić information content (AvgIpc) is 2.68. The summed E-state index contributed by atoms with van der Waals surface area (Å²) in [5.74, 6) is -1.19. The van der Waals surface area contributed by atoms with Crippen LogP contribution in [0.2, 0.25) is 5.15 Å². The third-order valence-corrected chi connectivity index (χ3v) is 5.42. The van der Waals surface area contributed by atoms with Gasteiger partial charge in [0.05, 0.1) is 16.6 Å². The van der Waals surface area contributed by atoms with Gasteiger partial charge in [-0.25, -0.2) is 18.7 Å². The van der Waals surface area contributed by atoms with Crippen molar-refractivity contribution in [3.05, 3.63) is 93.5 Å². The van der Waals surface area contributed by atoms with Gasteiger partial charge in [0.1, 0.15) is 16.8 Å². The Balaban J connectivity index is 1.88. The number of nitrogens with zero attached hydrogens (tertiary/aromatic N) is 3. The molecule has 0 saturated heterocycles. The lowest BCUT2D eigenvalue weighted by atomic mass is 10.2. The van der Waals surface area contributed by atoms with Crippen LogP contribution in [0, 0.1) is 11.6 Å². The van der Waals surface area contributed by atoms with E-state index < -0.39 is 17.2 Å². The van der Waals surface area contributed by atoms with Crippen molar-refractivity contribution in [1.82, 2.24) is 14.5 Å². The van der Waals surface area contributed by atoms with Crippen LogP contribution in [0.3, 0.4) is 0 Å². The van der Waals surface area contributed by atoms with E-state index in [9.17, 15) is 13.6 Å². The minimum atomic E-state index is -0.847. The van der Waals surface area contributed by atoms with E-state index in [0.29, 0.717) is 21.8 Å². The van der Waals surface area contributed by atoms with Crippen molar-refractivity contribution in [3.8, 4) is 5.69 Å². The van der Waals surface area contributed by atoms with Gasteiger partial charge in [-0.15, -0.1) is 0 Å². The predicted octanol–water partition coefficient (Wildman–Crippen LogP) is 5.00. The highest BCUT2D eigenvalue weighted by molar-refractivity contribution is 7.98. The smallest absolute Gasteiger partial charge is 0.266 e. The molecule has 2 aromatic heterocycles. The maximum Gasteiger partial charge on any atom is 0.266 e. The van der Waals surface area contributed by atoms with Crippen LogP contribution in [0.1, 0.15) is 5.56 Å². The second kappa shape index (κ2) is 7.69. The molecule has 0 aliphatic rings. The van der Waals surface area contributed by atoms with Crippen LogP contribution in [0.5, 0.6) is 0 Å². The molecule has 28 heavy (non-hydrogen) atoms. The van der Waals surface area contributed by atoms with Gasteiger partial charge in [-0.1, -0.05) is 41.6 Å². The fourth-order valence-electron chi connectivity index (χ4n) is 2.75. The average molecular weight is 416 g/mol. The third-order valence-electron chi connectivity index (χ3n) is 4.09. The van der Waals surface area contributed by atoms with Crippen molar-refractivity contribution in [1.29, 1.82) is 0 Å². The van der Waals surface area contributed by atoms with E-state index in [1.54, 1.807) is 36.5 Å². The molecule has 0 atom stereocenters. The number of benzene rings is 2. The lowest BCUT2D eigenvalue weighted by Gasteiger charge is -2.14. The van der Waals surface area contributed by atoms with Gasteiger partial charge in [-0.2, -0.15) is 0 Å². The molecule has 4 rings (SSSR count). The quantitative estimate of drug-likeness (QED) is 0.267. The summed E-state index contributed by atoms with van der Waals surface area (Å²) < 4.78 is 29.0. The van der Waals surface area contributed by atoms with Crippen molar-refractivity contribution >= 4 is 34.3 Å². The Morgan fingerprint density at radius 3 is 2.68 bits per heavy atom. The summed E-state index contributed by atoms with van der Waals surface area (Å²) in [7, 11) is 0. The SMILES string of the molecule is O=c1c2ccccc2nc(SCc2cccnc2Cl)n1-c1ccc(F)cc1F. The number of para-hydroxylation sites is 1. The first-order valence-electron chi connectivity index (χ1n) is 8.24. The minimum absolute atomic E-state index is 0.0653. The Morgan fingerprint density at radius 1 is 1.07 bits per heavy atom. The van der Waals surface area contributed by atoms with Crippen LogP contribution in [0.4, 0.5) is 8.78 Å². The summed E-state index contributed by atoms with van der Waals surface area (Å²) >= 11 is 7.32. The zero-order chi connectivity index (χ0) is 19.7. The molecule has 0 aliphatic carbocycles. The zero-order valence-electron chi connectivity index (χ0n) is 14.3. The molecular formula is C20H12ClF2N3OS. The molecule has 0 spiro atoms. The Labute approximate surface area is 167 Å². The Hall–Kier alpha value is -2.77. The van der Waals surface area contributed by atoms with E-state index in [1.165, 1.54) is 17.8 Å². The molecule has 0 aliphatic heterocycles. The highest BCUT2D eigenvalue weighted by atomic mass is 35.5. The molecule has 140 valence electrons. The van der Waals surface area contributed by atoms with E-state index in [0.717, 1.165) is 22.3 Å². The number of fused-ring (bicyclic) bond motifs is 1. The van der Waals surface area contributed by atoms with Crippen molar-refractivity contribution in [3.63, 3.8) is 0 Å². The first-order chi connectivity index (χ1) is 13.5. The van der Waals surface area contributed by atoms with Crippen LogP contribution in [-0.4, -0.2) is 14.5 Å². The van der Waals surface area contributed by atoms with Crippen LogP contribution < -0.4 is 5.56 Å². The Bertz CT molecular complexity index is 1250. The molecule has 0 bridgehead atoms. The molecule has 2 aromatic carbocycles. The first-order valence-corrected chi connectivity index (χ1v) is 9.60. The second-order valence-electron chi connectivity index (χ2n) is 5.89. The van der Waals surface area contributed by atoms with Gasteiger partial charge in [0.2, 0.25) is 0 Å². The van der Waals surface area contributed by atoms with Gasteiger partial charge in [0.25, 0.3) is 5.56 Å². The summed E-state index contributed by atoms with van der Waals surface area (Å²) in [5, 5.41) is 0.960. The molecular weight excluding hydrogens is 404 g/mol. The normalized spacial score (nSPS) is 11.1. The molecule has 0 saturated carbocycles. The molecule has 2 heterocycles. The lowest BCUT2D eigenvalue weighted by molar-refractivity contribution is 0.572. The number of thioether (sulfide) groups is 1. The van der Waals surface area contributed by atoms with Gasteiger partial charge in [0.15, 0.2) is 5.16 Å². The van der Waals surface area contributed by atoms with E-state index >= 15 is 0 Å². The van der Waals surface area contributed by atoms with E-state index in [4.69, 9.17) is 11.6 Å². The summed E-state index contributed by atoms with van der Waals surface area (Å²) in [4.78, 5) is 21.6. The number of halogens is 3. The number of pyridine rings is 1. The predicted molar refractivity (Wildman–Crippen MR) is 106 cm³/mol. The highest BCUT2D eigenvalue weighted by Crippen LogP contribution is 2.27. The Kier molecular flexibility index (Phi) is 5.11. The zero-order valence-corrected chi connectivity index (χ0v) is 15.8. The largest absolute Gasteiger partial charge is 0.268 e. The van der Waals surface area contributed by atoms with Gasteiger partial charge >= 0.3 is 0 Å². The molecule has 0 unspecified atom stereocenters. The number of hydrogen-bond donors (Lipinski definition) is 0. The number of rotatable bonds is 4. The fraction of sp³-hybridized carbons (Fsp3) is 0.0500. The Morgan fingerprint density at radius 2 is 1.89 bits per heavy atom. The molecule has 4 aromatic rings. The van der Waals surface area contributed by atoms with E-state index in [-0.39, 0.29) is 10.8 Å². The van der Waals surface area contributed by atoms with Crippen molar-refractivity contribution < 1.29 is 8.78 Å². The number of aromatic nitrogens is 3. The van der Waals surface area contributed by atoms with Gasteiger partial charge < -0.3 is 0 Å². The molecule has 4 nitrogen and oxygen atoms in total. The van der Waals surface area contributed by atoms with Gasteiger partial charge in [0, 0.05) is 18.0 Å². The van der Waals surface area contributed by atoms with Crippen molar-refractivity contribution in [2.24, 2.45) is 0 Å². The maximum atomic E-state index is 14.5. The van der Waals surface area contributed by atoms with E-state index in [2.05, 4.69) is 9.97 Å². The third kappa shape index (κ3) is 3.50. The molecule has 0 radical (unpaired) electrons. The summed E-state index contributed by atoms with van der Waals surface area (Å²) in [6.07, 6.45) is 1.58. The van der Waals surface area contributed by atoms with Crippen LogP contribution in [0.15, 0.2) is 70.7 Å². The molecule has 0 amide bonds. The van der Waals surface area contributed by atoms with Crippen LogP contribution >= 0.6 is 23.4 Å². The molecule has 0 fully saturated rings. The monoisotopic (exact) mass is 415 g/mol. The molecule has 8 heteroatoms. The van der Waals surface area contributed by atoms with Gasteiger partial charge in [-0.05, 0) is 35.9 Å². The van der Waals surface area contributed by atoms with Crippen LogP contribution in [0.25, 0.3) is 16.6 Å². The first kappa shape index (κ1) is 18.6. The topological polar surface area (TPSA) is 47.8 Å².